The lowest BCUT2D eigenvalue weighted by Crippen LogP contribution is -2.37. The number of hydrogen-bond acceptors (Lipinski definition) is 7. The Kier molecular flexibility index (Phi) is 48.3. The van der Waals surface area contributed by atoms with Gasteiger partial charge in [-0.3, -0.25) is 18.6 Å². The maximum atomic E-state index is 12.8. The van der Waals surface area contributed by atoms with Crippen LogP contribution in [0.1, 0.15) is 296 Å². The van der Waals surface area contributed by atoms with Crippen molar-refractivity contribution in [1.82, 2.24) is 0 Å². The summed E-state index contributed by atoms with van der Waals surface area (Å²) in [5.41, 5.74) is 0. The standard InChI is InChI=1S/C56H112NO8P/c1-6-8-10-12-14-16-18-20-22-24-26-27-28-29-31-33-35-37-39-41-43-45-47-49-56(59)65-54(53-64-66(60,61)63-51-50-57(3,4)5)52-62-55(58)48-46-44-42-40-38-36-34-32-30-25-23-21-19-17-15-13-11-9-7-2/h54H,6-53H2,1-5H3/p+1/t54-/m1/s1. The van der Waals surface area contributed by atoms with Crippen LogP contribution in [0, 0.1) is 0 Å². The molecule has 0 saturated heterocycles. The molecule has 10 heteroatoms. The summed E-state index contributed by atoms with van der Waals surface area (Å²) in [5.74, 6) is -0.773. The molecule has 394 valence electrons. The van der Waals surface area contributed by atoms with Crippen molar-refractivity contribution in [2.45, 2.75) is 302 Å². The van der Waals surface area contributed by atoms with Gasteiger partial charge >= 0.3 is 19.8 Å². The zero-order chi connectivity index (χ0) is 48.5. The molecule has 0 aliphatic heterocycles. The molecule has 0 aliphatic carbocycles. The molecule has 0 aromatic carbocycles. The molecule has 0 amide bonds. The van der Waals surface area contributed by atoms with Gasteiger partial charge in [-0.25, -0.2) is 4.57 Å². The van der Waals surface area contributed by atoms with Crippen molar-refractivity contribution in [3.63, 3.8) is 0 Å². The Labute approximate surface area is 410 Å². The number of quaternary nitrogens is 1. The number of rotatable bonds is 54. The van der Waals surface area contributed by atoms with Gasteiger partial charge in [-0.1, -0.05) is 271 Å². The van der Waals surface area contributed by atoms with Crippen molar-refractivity contribution in [1.29, 1.82) is 0 Å². The Morgan fingerprint density at radius 1 is 0.409 bits per heavy atom. The van der Waals surface area contributed by atoms with E-state index in [0.717, 1.165) is 38.5 Å². The van der Waals surface area contributed by atoms with E-state index in [9.17, 15) is 19.0 Å². The molecule has 0 bridgehead atoms. The van der Waals surface area contributed by atoms with E-state index < -0.39 is 26.5 Å². The van der Waals surface area contributed by atoms with Gasteiger partial charge in [0.2, 0.25) is 0 Å². The van der Waals surface area contributed by atoms with Crippen LogP contribution in [0.15, 0.2) is 0 Å². The minimum absolute atomic E-state index is 0.0374. The first-order chi connectivity index (χ1) is 32.0. The van der Waals surface area contributed by atoms with Crippen LogP contribution in [0.2, 0.25) is 0 Å². The lowest BCUT2D eigenvalue weighted by molar-refractivity contribution is -0.870. The second-order valence-electron chi connectivity index (χ2n) is 21.0. The summed E-state index contributed by atoms with van der Waals surface area (Å²) in [6.45, 7) is 4.51. The zero-order valence-electron chi connectivity index (χ0n) is 44.7. The van der Waals surface area contributed by atoms with Crippen molar-refractivity contribution in [2.24, 2.45) is 0 Å². The summed E-state index contributed by atoms with van der Waals surface area (Å²) in [4.78, 5) is 35.7. The highest BCUT2D eigenvalue weighted by Gasteiger charge is 2.27. The molecule has 0 radical (unpaired) electrons. The molecular weight excluding hydrogens is 846 g/mol. The van der Waals surface area contributed by atoms with Gasteiger partial charge in [-0.05, 0) is 12.8 Å². The molecule has 66 heavy (non-hydrogen) atoms. The fraction of sp³-hybridized carbons (Fsp3) is 0.964. The van der Waals surface area contributed by atoms with Gasteiger partial charge in [-0.2, -0.15) is 0 Å². The molecule has 2 atom stereocenters. The van der Waals surface area contributed by atoms with Crippen LogP contribution in [-0.2, 0) is 32.7 Å². The summed E-state index contributed by atoms with van der Waals surface area (Å²) in [7, 11) is 1.50. The summed E-state index contributed by atoms with van der Waals surface area (Å²) >= 11 is 0. The highest BCUT2D eigenvalue weighted by molar-refractivity contribution is 7.47. The van der Waals surface area contributed by atoms with Crippen LogP contribution in [0.25, 0.3) is 0 Å². The zero-order valence-corrected chi connectivity index (χ0v) is 45.6. The predicted octanol–water partition coefficient (Wildman–Crippen LogP) is 17.5. The summed E-state index contributed by atoms with van der Waals surface area (Å²) in [5, 5.41) is 0. The Bertz CT molecular complexity index is 1080. The topological polar surface area (TPSA) is 108 Å². The van der Waals surface area contributed by atoms with Crippen LogP contribution in [0.3, 0.4) is 0 Å². The maximum Gasteiger partial charge on any atom is 0.472 e. The van der Waals surface area contributed by atoms with E-state index in [0.29, 0.717) is 17.4 Å². The molecule has 1 unspecified atom stereocenters. The van der Waals surface area contributed by atoms with Gasteiger partial charge in [0.25, 0.3) is 0 Å². The number of esters is 2. The van der Waals surface area contributed by atoms with E-state index >= 15 is 0 Å². The number of ether oxygens (including phenoxy) is 2. The van der Waals surface area contributed by atoms with E-state index in [-0.39, 0.29) is 25.6 Å². The Morgan fingerprint density at radius 3 is 0.970 bits per heavy atom. The van der Waals surface area contributed by atoms with Crippen LogP contribution >= 0.6 is 7.82 Å². The third-order valence-electron chi connectivity index (χ3n) is 13.1. The normalized spacial score (nSPS) is 13.2. The van der Waals surface area contributed by atoms with Crippen LogP contribution < -0.4 is 0 Å². The average molecular weight is 959 g/mol. The Hall–Kier alpha value is -0.990. The third kappa shape index (κ3) is 52.4. The van der Waals surface area contributed by atoms with Gasteiger partial charge in [0.15, 0.2) is 6.10 Å². The lowest BCUT2D eigenvalue weighted by atomic mass is 10.0. The molecule has 0 spiro atoms. The molecule has 0 aromatic heterocycles. The monoisotopic (exact) mass is 959 g/mol. The first kappa shape index (κ1) is 65.0. The van der Waals surface area contributed by atoms with Crippen molar-refractivity contribution in [3.05, 3.63) is 0 Å². The van der Waals surface area contributed by atoms with Gasteiger partial charge in [0.05, 0.1) is 27.7 Å². The molecule has 0 aromatic rings. The molecule has 0 fully saturated rings. The predicted molar refractivity (Wildman–Crippen MR) is 280 cm³/mol. The van der Waals surface area contributed by atoms with E-state index in [1.165, 1.54) is 231 Å². The van der Waals surface area contributed by atoms with Crippen LogP contribution in [0.5, 0.6) is 0 Å². The first-order valence-electron chi connectivity index (χ1n) is 28.8. The van der Waals surface area contributed by atoms with Crippen LogP contribution in [0.4, 0.5) is 0 Å². The average Bonchev–Trinajstić information content (AvgIpc) is 3.27. The number of phosphoric acid groups is 1. The molecule has 1 N–H and O–H groups in total. The summed E-state index contributed by atoms with van der Waals surface area (Å²) < 4.78 is 34.6. The molecule has 0 saturated carbocycles. The van der Waals surface area contributed by atoms with E-state index in [4.69, 9.17) is 18.5 Å². The number of unbranched alkanes of at least 4 members (excludes halogenated alkanes) is 40. The van der Waals surface area contributed by atoms with Gasteiger partial charge in [0, 0.05) is 12.8 Å². The van der Waals surface area contributed by atoms with Gasteiger partial charge in [-0.15, -0.1) is 0 Å². The first-order valence-corrected chi connectivity index (χ1v) is 30.3. The number of phosphoric ester groups is 1. The largest absolute Gasteiger partial charge is 0.472 e. The number of nitrogens with zero attached hydrogens (tertiary/aromatic N) is 1. The molecule has 0 heterocycles. The minimum Gasteiger partial charge on any atom is -0.462 e. The van der Waals surface area contributed by atoms with E-state index in [2.05, 4.69) is 13.8 Å². The van der Waals surface area contributed by atoms with E-state index in [1.807, 2.05) is 21.1 Å². The summed E-state index contributed by atoms with van der Waals surface area (Å²) in [6, 6.07) is 0. The van der Waals surface area contributed by atoms with Gasteiger partial charge < -0.3 is 18.9 Å². The number of carbonyl (C=O) groups is 2. The number of hydrogen-bond donors (Lipinski definition) is 1. The SMILES string of the molecule is CCCCCCCCCCCCCCCCCCCCCCCCCC(=O)O[C@H](COC(=O)CCCCCCCCCCCCCCCCCCCCC)COP(=O)(O)OCC[N+](C)(C)C. The molecule has 9 nitrogen and oxygen atoms in total. The number of carbonyl (C=O) groups excluding carboxylic acids is 2. The second-order valence-corrected chi connectivity index (χ2v) is 22.5. The quantitative estimate of drug-likeness (QED) is 0.0278. The third-order valence-corrected chi connectivity index (χ3v) is 14.1. The van der Waals surface area contributed by atoms with Crippen molar-refractivity contribution in [3.8, 4) is 0 Å². The fourth-order valence-corrected chi connectivity index (χ4v) is 9.41. The molecule has 0 aliphatic rings. The van der Waals surface area contributed by atoms with Crippen molar-refractivity contribution >= 4 is 19.8 Å². The fourth-order valence-electron chi connectivity index (χ4n) is 8.67. The molecular formula is C56H113NO8P+. The highest BCUT2D eigenvalue weighted by atomic mass is 31.2. The van der Waals surface area contributed by atoms with Crippen molar-refractivity contribution in [2.75, 3.05) is 47.5 Å². The highest BCUT2D eigenvalue weighted by Crippen LogP contribution is 2.43. The summed E-state index contributed by atoms with van der Waals surface area (Å²) in [6.07, 6.45) is 54.5. The van der Waals surface area contributed by atoms with Gasteiger partial charge in [0.1, 0.15) is 19.8 Å². The maximum absolute atomic E-state index is 12.8. The Balaban J connectivity index is 4.11. The van der Waals surface area contributed by atoms with E-state index in [1.54, 1.807) is 0 Å². The second kappa shape index (κ2) is 49.0. The number of likely N-dealkylation sites (N-methyl/N-ethyl adjacent to an activating group) is 1. The van der Waals surface area contributed by atoms with Crippen LogP contribution in [-0.4, -0.2) is 74.9 Å². The molecule has 0 rings (SSSR count). The minimum atomic E-state index is -4.38. The Morgan fingerprint density at radius 2 is 0.682 bits per heavy atom. The smallest absolute Gasteiger partial charge is 0.462 e. The van der Waals surface area contributed by atoms with Crippen molar-refractivity contribution < 1.29 is 42.1 Å². The lowest BCUT2D eigenvalue weighted by Gasteiger charge is -2.24.